The molecule has 0 saturated carbocycles. The molecule has 0 aromatic rings. The first kappa shape index (κ1) is 17.1. The molecular formula is C9H20S6. The van der Waals surface area contributed by atoms with Gasteiger partial charge in [0, 0.05) is 15.9 Å². The van der Waals surface area contributed by atoms with Crippen LogP contribution in [0.1, 0.15) is 26.2 Å². The minimum absolute atomic E-state index is 0.665. The van der Waals surface area contributed by atoms with E-state index in [0.717, 1.165) is 21.8 Å². The lowest BCUT2D eigenvalue weighted by atomic mass is 10.0. The predicted octanol–water partition coefficient (Wildman–Crippen LogP) is 4.94. The highest BCUT2D eigenvalue weighted by molar-refractivity contribution is 8.68. The first-order valence-corrected chi connectivity index (χ1v) is 10.4. The number of hydrogen-bond donors (Lipinski definition) is 3. The molecule has 0 rings (SSSR count). The van der Waals surface area contributed by atoms with Crippen LogP contribution in [0.5, 0.6) is 0 Å². The molecule has 0 heterocycles. The average molecular weight is 321 g/mol. The summed E-state index contributed by atoms with van der Waals surface area (Å²) in [5.41, 5.74) is 0. The predicted molar refractivity (Wildman–Crippen MR) is 91.1 cm³/mol. The van der Waals surface area contributed by atoms with Crippen molar-refractivity contribution in [2.45, 2.75) is 30.8 Å². The summed E-state index contributed by atoms with van der Waals surface area (Å²) < 4.78 is 0.665. The van der Waals surface area contributed by atoms with E-state index in [0.29, 0.717) is 4.58 Å². The van der Waals surface area contributed by atoms with Crippen LogP contribution in [0.3, 0.4) is 0 Å². The number of thioether (sulfide) groups is 2. The maximum Gasteiger partial charge on any atom is 0.0521 e. The molecule has 1 unspecified atom stereocenters. The van der Waals surface area contributed by atoms with Crippen LogP contribution in [0.2, 0.25) is 0 Å². The highest BCUT2D eigenvalue weighted by Crippen LogP contribution is 2.32. The molecule has 0 N–H and O–H groups in total. The summed E-state index contributed by atoms with van der Waals surface area (Å²) in [6, 6.07) is 0. The van der Waals surface area contributed by atoms with E-state index in [1.54, 1.807) is 10.8 Å². The highest BCUT2D eigenvalue weighted by atomic mass is 33.1. The fraction of sp³-hybridized carbons (Fsp3) is 1.00. The van der Waals surface area contributed by atoms with Crippen molar-refractivity contribution >= 4 is 71.2 Å². The van der Waals surface area contributed by atoms with Crippen LogP contribution < -0.4 is 0 Å². The van der Waals surface area contributed by atoms with Gasteiger partial charge in [0.25, 0.3) is 0 Å². The van der Waals surface area contributed by atoms with Gasteiger partial charge in [0.1, 0.15) is 0 Å². The van der Waals surface area contributed by atoms with Gasteiger partial charge in [-0.2, -0.15) is 25.3 Å². The van der Waals surface area contributed by atoms with Gasteiger partial charge >= 0.3 is 0 Å². The Morgan fingerprint density at radius 3 is 2.20 bits per heavy atom. The lowest BCUT2D eigenvalue weighted by Crippen LogP contribution is -2.06. The third-order valence-corrected chi connectivity index (χ3v) is 6.20. The SMILES string of the molecule is CC(CCCSS)CC(SCS)SCS. The Balaban J connectivity index is 3.62. The summed E-state index contributed by atoms with van der Waals surface area (Å²) in [5, 5.41) is 1.81. The van der Waals surface area contributed by atoms with Gasteiger partial charge in [-0.25, -0.2) is 0 Å². The molecule has 0 bridgehead atoms. The van der Waals surface area contributed by atoms with E-state index < -0.39 is 0 Å². The molecule has 0 radical (unpaired) electrons. The van der Waals surface area contributed by atoms with E-state index in [9.17, 15) is 0 Å². The number of thiol groups is 3. The molecule has 0 amide bonds. The summed E-state index contributed by atoms with van der Waals surface area (Å²) in [7, 11) is 1.64. The van der Waals surface area contributed by atoms with Crippen LogP contribution in [0.4, 0.5) is 0 Å². The van der Waals surface area contributed by atoms with Crippen molar-refractivity contribution < 1.29 is 0 Å². The molecule has 0 aromatic heterocycles. The molecule has 6 heteroatoms. The van der Waals surface area contributed by atoms with Crippen LogP contribution in [-0.4, -0.2) is 20.5 Å². The van der Waals surface area contributed by atoms with E-state index in [1.807, 2.05) is 23.5 Å². The van der Waals surface area contributed by atoms with Crippen LogP contribution in [0, 0.1) is 5.92 Å². The van der Waals surface area contributed by atoms with Crippen molar-refractivity contribution in [1.29, 1.82) is 0 Å². The van der Waals surface area contributed by atoms with Gasteiger partial charge in [0.15, 0.2) is 0 Å². The van der Waals surface area contributed by atoms with Crippen molar-refractivity contribution in [2.75, 3.05) is 15.9 Å². The van der Waals surface area contributed by atoms with Crippen LogP contribution in [-0.2, 0) is 0 Å². The molecule has 1 atom stereocenters. The van der Waals surface area contributed by atoms with Crippen molar-refractivity contribution in [3.8, 4) is 0 Å². The van der Waals surface area contributed by atoms with E-state index in [1.165, 1.54) is 19.3 Å². The summed E-state index contributed by atoms with van der Waals surface area (Å²) in [6.45, 7) is 2.34. The Morgan fingerprint density at radius 2 is 1.73 bits per heavy atom. The normalized spacial score (nSPS) is 13.4. The quantitative estimate of drug-likeness (QED) is 0.226. The number of hydrogen-bond acceptors (Lipinski definition) is 6. The zero-order chi connectivity index (χ0) is 11.5. The zero-order valence-corrected chi connectivity index (χ0v) is 14.1. The molecule has 0 aliphatic rings. The van der Waals surface area contributed by atoms with Crippen molar-refractivity contribution in [2.24, 2.45) is 5.92 Å². The minimum Gasteiger partial charge on any atom is -0.168 e. The highest BCUT2D eigenvalue weighted by Gasteiger charge is 2.12. The number of rotatable bonds is 10. The summed E-state index contributed by atoms with van der Waals surface area (Å²) >= 11 is 16.5. The topological polar surface area (TPSA) is 0 Å². The molecule has 0 saturated heterocycles. The molecule has 0 aliphatic heterocycles. The molecule has 0 aliphatic carbocycles. The second kappa shape index (κ2) is 12.6. The maximum atomic E-state index is 4.27. The fourth-order valence-electron chi connectivity index (χ4n) is 1.29. The Morgan fingerprint density at radius 1 is 1.13 bits per heavy atom. The van der Waals surface area contributed by atoms with Crippen LogP contribution >= 0.6 is 71.2 Å². The van der Waals surface area contributed by atoms with Gasteiger partial charge in [-0.15, -0.1) is 35.2 Å². The largest absolute Gasteiger partial charge is 0.168 e. The van der Waals surface area contributed by atoms with Gasteiger partial charge in [-0.3, -0.25) is 0 Å². The fourth-order valence-corrected chi connectivity index (χ4v) is 5.72. The lowest BCUT2D eigenvalue weighted by Gasteiger charge is -2.18. The maximum absolute atomic E-state index is 4.27. The van der Waals surface area contributed by atoms with E-state index in [4.69, 9.17) is 0 Å². The van der Waals surface area contributed by atoms with E-state index in [2.05, 4.69) is 43.8 Å². The molecule has 15 heavy (non-hydrogen) atoms. The van der Waals surface area contributed by atoms with Crippen molar-refractivity contribution in [1.82, 2.24) is 0 Å². The lowest BCUT2D eigenvalue weighted by molar-refractivity contribution is 0.508. The second-order valence-electron chi connectivity index (χ2n) is 3.34. The van der Waals surface area contributed by atoms with Gasteiger partial charge < -0.3 is 0 Å². The second-order valence-corrected chi connectivity index (χ2v) is 8.95. The molecule has 0 aromatic carbocycles. The smallest absolute Gasteiger partial charge is 0.0521 e. The Bertz CT molecular complexity index is 126. The molecule has 92 valence electrons. The Kier molecular flexibility index (Phi) is 14.3. The molecule has 0 spiro atoms. The monoisotopic (exact) mass is 320 g/mol. The van der Waals surface area contributed by atoms with E-state index in [-0.39, 0.29) is 0 Å². The first-order chi connectivity index (χ1) is 7.24. The van der Waals surface area contributed by atoms with Crippen LogP contribution in [0.15, 0.2) is 0 Å². The van der Waals surface area contributed by atoms with Crippen molar-refractivity contribution in [3.05, 3.63) is 0 Å². The van der Waals surface area contributed by atoms with Crippen LogP contribution in [0.25, 0.3) is 0 Å². The van der Waals surface area contributed by atoms with Gasteiger partial charge in [0.05, 0.1) is 4.58 Å². The van der Waals surface area contributed by atoms with Gasteiger partial charge in [-0.1, -0.05) is 17.7 Å². The zero-order valence-electron chi connectivity index (χ0n) is 8.96. The Labute approximate surface area is 123 Å². The molecule has 0 fully saturated rings. The first-order valence-electron chi connectivity index (χ1n) is 4.95. The summed E-state index contributed by atoms with van der Waals surface area (Å²) in [4.78, 5) is 0. The third-order valence-electron chi connectivity index (χ3n) is 2.05. The van der Waals surface area contributed by atoms with Gasteiger partial charge in [-0.05, 0) is 25.2 Å². The average Bonchev–Trinajstić information content (AvgIpc) is 2.19. The minimum atomic E-state index is 0.665. The molecular weight excluding hydrogens is 301 g/mol. The van der Waals surface area contributed by atoms with Crippen molar-refractivity contribution in [3.63, 3.8) is 0 Å². The summed E-state index contributed by atoms with van der Waals surface area (Å²) in [5.74, 6) is 1.97. The van der Waals surface area contributed by atoms with Gasteiger partial charge in [0.2, 0.25) is 0 Å². The van der Waals surface area contributed by atoms with E-state index >= 15 is 0 Å². The standard InChI is InChI=1S/C9H20S6/c1-8(3-2-4-15-12)5-9(13-6-10)14-7-11/h8-12H,2-7H2,1H3. The summed E-state index contributed by atoms with van der Waals surface area (Å²) in [6.07, 6.45) is 3.86. The molecule has 0 nitrogen and oxygen atoms in total. The third kappa shape index (κ3) is 10.9. The Hall–Kier alpha value is 2.10.